The zero-order valence-electron chi connectivity index (χ0n) is 9.28. The Bertz CT molecular complexity index is 544. The van der Waals surface area contributed by atoms with Crippen LogP contribution in [0.3, 0.4) is 0 Å². The topological polar surface area (TPSA) is 104 Å². The molecule has 0 saturated heterocycles. The smallest absolute Gasteiger partial charge is 0.349 e. The summed E-state index contributed by atoms with van der Waals surface area (Å²) in [6.07, 6.45) is 1.71. The number of nitrogens with zero attached hydrogens (tertiary/aromatic N) is 3. The van der Waals surface area contributed by atoms with Gasteiger partial charge < -0.3 is 10.5 Å². The van der Waals surface area contributed by atoms with Gasteiger partial charge in [0.2, 0.25) is 5.95 Å². The highest BCUT2D eigenvalue weighted by Gasteiger charge is 2.18. The van der Waals surface area contributed by atoms with Crippen LogP contribution in [0.4, 0.5) is 11.6 Å². The summed E-state index contributed by atoms with van der Waals surface area (Å²) in [6.45, 7) is 0.303. The van der Waals surface area contributed by atoms with E-state index in [0.717, 1.165) is 11.1 Å². The molecule has 0 aliphatic heterocycles. The number of hydrogen-bond acceptors (Lipinski definition) is 7. The van der Waals surface area contributed by atoms with Crippen molar-refractivity contribution < 1.29 is 9.66 Å². The fourth-order valence-electron chi connectivity index (χ4n) is 1.31. The summed E-state index contributed by atoms with van der Waals surface area (Å²) in [7, 11) is 0. The quantitative estimate of drug-likeness (QED) is 0.651. The van der Waals surface area contributed by atoms with Crippen molar-refractivity contribution in [1.29, 1.82) is 0 Å². The van der Waals surface area contributed by atoms with Crippen LogP contribution in [0.2, 0.25) is 0 Å². The third-order valence-corrected chi connectivity index (χ3v) is 3.05. The van der Waals surface area contributed by atoms with Crippen LogP contribution in [0.15, 0.2) is 23.7 Å². The molecule has 2 aromatic rings. The second-order valence-corrected chi connectivity index (χ2v) is 4.39. The molecule has 8 heteroatoms. The molecule has 0 unspecified atom stereocenters. The molecule has 0 bridgehead atoms. The highest BCUT2D eigenvalue weighted by Crippen LogP contribution is 2.23. The molecule has 94 valence electrons. The normalized spacial score (nSPS) is 10.2. The van der Waals surface area contributed by atoms with Gasteiger partial charge in [-0.2, -0.15) is 4.98 Å². The molecule has 0 radical (unpaired) electrons. The Morgan fingerprint density at radius 1 is 1.56 bits per heavy atom. The summed E-state index contributed by atoms with van der Waals surface area (Å²) in [6, 6.07) is 3.90. The number of nitro groups is 1. The predicted molar refractivity (Wildman–Crippen MR) is 66.6 cm³/mol. The molecule has 0 amide bonds. The molecular formula is C10H10N4O3S. The lowest BCUT2D eigenvalue weighted by Crippen LogP contribution is -2.06. The number of anilines is 1. The SMILES string of the molecule is Nc1ncc([N+](=O)[O-])c(OCCc2cccs2)n1. The summed E-state index contributed by atoms with van der Waals surface area (Å²) in [5, 5.41) is 12.7. The lowest BCUT2D eigenvalue weighted by molar-refractivity contribution is -0.386. The van der Waals surface area contributed by atoms with Gasteiger partial charge in [0, 0.05) is 11.3 Å². The Hall–Kier alpha value is -2.22. The maximum atomic E-state index is 10.7. The highest BCUT2D eigenvalue weighted by molar-refractivity contribution is 7.09. The van der Waals surface area contributed by atoms with Gasteiger partial charge in [-0.25, -0.2) is 4.98 Å². The maximum absolute atomic E-state index is 10.7. The van der Waals surface area contributed by atoms with Crippen molar-refractivity contribution >= 4 is 23.0 Å². The minimum Gasteiger partial charge on any atom is -0.472 e. The van der Waals surface area contributed by atoms with E-state index in [2.05, 4.69) is 9.97 Å². The molecular weight excluding hydrogens is 256 g/mol. The molecule has 7 nitrogen and oxygen atoms in total. The number of thiophene rings is 1. The summed E-state index contributed by atoms with van der Waals surface area (Å²) in [5.74, 6) is -0.143. The van der Waals surface area contributed by atoms with Crippen molar-refractivity contribution in [2.75, 3.05) is 12.3 Å². The number of aromatic nitrogens is 2. The van der Waals surface area contributed by atoms with Crippen LogP contribution in [0.5, 0.6) is 5.88 Å². The predicted octanol–water partition coefficient (Wildman–Crippen LogP) is 1.65. The summed E-state index contributed by atoms with van der Waals surface area (Å²) in [4.78, 5) is 18.6. The van der Waals surface area contributed by atoms with Gasteiger partial charge >= 0.3 is 5.69 Å². The molecule has 18 heavy (non-hydrogen) atoms. The van der Waals surface area contributed by atoms with Crippen molar-refractivity contribution in [3.63, 3.8) is 0 Å². The largest absolute Gasteiger partial charge is 0.472 e. The van der Waals surface area contributed by atoms with Crippen LogP contribution in [0, 0.1) is 10.1 Å². The van der Waals surface area contributed by atoms with E-state index >= 15 is 0 Å². The Kier molecular flexibility index (Phi) is 3.68. The van der Waals surface area contributed by atoms with Gasteiger partial charge in [0.15, 0.2) is 0 Å². The van der Waals surface area contributed by atoms with E-state index in [1.165, 1.54) is 0 Å². The fraction of sp³-hybridized carbons (Fsp3) is 0.200. The standard InChI is InChI=1S/C10H10N4O3S/c11-10-12-6-8(14(15)16)9(13-10)17-4-3-7-2-1-5-18-7/h1-2,5-6H,3-4H2,(H2,11,12,13). The molecule has 2 rings (SSSR count). The molecule has 0 atom stereocenters. The Morgan fingerprint density at radius 2 is 2.39 bits per heavy atom. The number of nitrogens with two attached hydrogens (primary N) is 1. The van der Waals surface area contributed by atoms with Gasteiger partial charge in [0.1, 0.15) is 6.20 Å². The highest BCUT2D eigenvalue weighted by atomic mass is 32.1. The zero-order chi connectivity index (χ0) is 13.0. The second kappa shape index (κ2) is 5.41. The third kappa shape index (κ3) is 2.92. The van der Waals surface area contributed by atoms with E-state index in [1.807, 2.05) is 17.5 Å². The average Bonchev–Trinajstić information content (AvgIpc) is 2.82. The minimum atomic E-state index is -0.597. The Morgan fingerprint density at radius 3 is 3.06 bits per heavy atom. The number of hydrogen-bond donors (Lipinski definition) is 1. The minimum absolute atomic E-state index is 0.0493. The third-order valence-electron chi connectivity index (χ3n) is 2.12. The van der Waals surface area contributed by atoms with Crippen LogP contribution in [0.25, 0.3) is 0 Å². The van der Waals surface area contributed by atoms with Gasteiger partial charge in [-0.3, -0.25) is 10.1 Å². The van der Waals surface area contributed by atoms with Crippen LogP contribution in [-0.2, 0) is 6.42 Å². The molecule has 2 N–H and O–H groups in total. The van der Waals surface area contributed by atoms with Crippen molar-refractivity contribution in [1.82, 2.24) is 9.97 Å². The lowest BCUT2D eigenvalue weighted by atomic mass is 10.4. The molecule has 0 spiro atoms. The summed E-state index contributed by atoms with van der Waals surface area (Å²) >= 11 is 1.60. The van der Waals surface area contributed by atoms with E-state index < -0.39 is 4.92 Å². The van der Waals surface area contributed by atoms with E-state index in [9.17, 15) is 10.1 Å². The number of nitrogen functional groups attached to an aromatic ring is 1. The van der Waals surface area contributed by atoms with Crippen LogP contribution in [0.1, 0.15) is 4.88 Å². The second-order valence-electron chi connectivity index (χ2n) is 3.35. The molecule has 2 heterocycles. The van der Waals surface area contributed by atoms with Gasteiger partial charge in [-0.1, -0.05) is 6.07 Å². The van der Waals surface area contributed by atoms with Crippen LogP contribution in [-0.4, -0.2) is 21.5 Å². The van der Waals surface area contributed by atoms with E-state index in [0.29, 0.717) is 13.0 Å². The van der Waals surface area contributed by atoms with E-state index in [-0.39, 0.29) is 17.5 Å². The maximum Gasteiger partial charge on any atom is 0.349 e. The number of rotatable bonds is 5. The van der Waals surface area contributed by atoms with Crippen LogP contribution < -0.4 is 10.5 Å². The van der Waals surface area contributed by atoms with Crippen LogP contribution >= 0.6 is 11.3 Å². The number of ether oxygens (including phenoxy) is 1. The lowest BCUT2D eigenvalue weighted by Gasteiger charge is -2.04. The first-order valence-electron chi connectivity index (χ1n) is 5.09. The van der Waals surface area contributed by atoms with Crippen molar-refractivity contribution in [2.24, 2.45) is 0 Å². The Labute approximate surface area is 106 Å². The molecule has 0 aromatic carbocycles. The van der Waals surface area contributed by atoms with Crippen molar-refractivity contribution in [3.05, 3.63) is 38.7 Å². The van der Waals surface area contributed by atoms with Crippen molar-refractivity contribution in [2.45, 2.75) is 6.42 Å². The van der Waals surface area contributed by atoms with Gasteiger partial charge in [-0.05, 0) is 11.4 Å². The average molecular weight is 266 g/mol. The molecule has 2 aromatic heterocycles. The molecule has 0 aliphatic carbocycles. The van der Waals surface area contributed by atoms with Crippen molar-refractivity contribution in [3.8, 4) is 5.88 Å². The first kappa shape index (κ1) is 12.2. The monoisotopic (exact) mass is 266 g/mol. The molecule has 0 aliphatic rings. The van der Waals surface area contributed by atoms with Gasteiger partial charge in [-0.15, -0.1) is 11.3 Å². The fourth-order valence-corrected chi connectivity index (χ4v) is 2.00. The summed E-state index contributed by atoms with van der Waals surface area (Å²) < 4.78 is 5.29. The first-order chi connectivity index (χ1) is 8.66. The van der Waals surface area contributed by atoms with E-state index in [4.69, 9.17) is 10.5 Å². The Balaban J connectivity index is 2.03. The zero-order valence-corrected chi connectivity index (χ0v) is 10.1. The van der Waals surface area contributed by atoms with Gasteiger partial charge in [0.25, 0.3) is 5.88 Å². The molecule has 0 saturated carbocycles. The van der Waals surface area contributed by atoms with E-state index in [1.54, 1.807) is 11.3 Å². The molecule has 0 fully saturated rings. The van der Waals surface area contributed by atoms with Gasteiger partial charge in [0.05, 0.1) is 11.5 Å². The first-order valence-corrected chi connectivity index (χ1v) is 5.97. The summed E-state index contributed by atoms with van der Waals surface area (Å²) in [5.41, 5.74) is 5.09.